The van der Waals surface area contributed by atoms with Crippen LogP contribution in [0.3, 0.4) is 0 Å². The molecule has 0 aromatic carbocycles. The van der Waals surface area contributed by atoms with Crippen LogP contribution in [0.15, 0.2) is 24.4 Å². The quantitative estimate of drug-likeness (QED) is 0.715. The third-order valence-electron chi connectivity index (χ3n) is 4.18. The van der Waals surface area contributed by atoms with Gasteiger partial charge in [0, 0.05) is 38.4 Å². The number of piperazine rings is 1. The maximum absolute atomic E-state index is 12.0. The molecule has 1 aliphatic rings. The highest BCUT2D eigenvalue weighted by Crippen LogP contribution is 2.19. The molecule has 1 aliphatic heterocycles. The summed E-state index contributed by atoms with van der Waals surface area (Å²) in [6.07, 6.45) is 4.73. The summed E-state index contributed by atoms with van der Waals surface area (Å²) in [7, 11) is 0. The van der Waals surface area contributed by atoms with Crippen LogP contribution in [0.2, 0.25) is 0 Å². The number of aromatic nitrogens is 1. The maximum Gasteiger partial charge on any atom is 0.0894 e. The standard InChI is InChI=1S/C16H26FN3/c1-15(16-7-3-5-9-18-16)20-13-11-19(12-14-20)10-6-2-4-8-17/h3,5,7,9,15H,2,4,6,8,10-14H2,1H3/t15-/m1/s1. The van der Waals surface area contributed by atoms with Crippen molar-refractivity contribution in [2.24, 2.45) is 0 Å². The number of pyridine rings is 1. The molecule has 1 aromatic heterocycles. The van der Waals surface area contributed by atoms with Gasteiger partial charge in [0.15, 0.2) is 0 Å². The zero-order valence-corrected chi connectivity index (χ0v) is 12.5. The monoisotopic (exact) mass is 279 g/mol. The van der Waals surface area contributed by atoms with Crippen molar-refractivity contribution < 1.29 is 4.39 Å². The van der Waals surface area contributed by atoms with Gasteiger partial charge in [-0.1, -0.05) is 6.07 Å². The van der Waals surface area contributed by atoms with Crippen molar-refractivity contribution in [2.75, 3.05) is 39.4 Å². The molecular weight excluding hydrogens is 253 g/mol. The minimum atomic E-state index is -0.171. The summed E-state index contributed by atoms with van der Waals surface area (Å²) < 4.78 is 12.0. The molecule has 4 heteroatoms. The number of unbranched alkanes of at least 4 members (excludes halogenated alkanes) is 2. The lowest BCUT2D eigenvalue weighted by Crippen LogP contribution is -2.47. The van der Waals surface area contributed by atoms with E-state index in [1.165, 1.54) is 0 Å². The highest BCUT2D eigenvalue weighted by Gasteiger charge is 2.22. The van der Waals surface area contributed by atoms with E-state index < -0.39 is 0 Å². The first-order valence-corrected chi connectivity index (χ1v) is 7.74. The predicted octanol–water partition coefficient (Wildman–Crippen LogP) is 2.90. The molecule has 0 bridgehead atoms. The van der Waals surface area contributed by atoms with Crippen LogP contribution >= 0.6 is 0 Å². The van der Waals surface area contributed by atoms with E-state index in [1.807, 2.05) is 12.3 Å². The minimum absolute atomic E-state index is 0.171. The van der Waals surface area contributed by atoms with Crippen molar-refractivity contribution >= 4 is 0 Å². The summed E-state index contributed by atoms with van der Waals surface area (Å²) in [5.74, 6) is 0. The largest absolute Gasteiger partial charge is 0.301 e. The average molecular weight is 279 g/mol. The van der Waals surface area contributed by atoms with Gasteiger partial charge in [0.2, 0.25) is 0 Å². The van der Waals surface area contributed by atoms with Crippen molar-refractivity contribution in [1.29, 1.82) is 0 Å². The van der Waals surface area contributed by atoms with Crippen molar-refractivity contribution in [3.8, 4) is 0 Å². The van der Waals surface area contributed by atoms with E-state index in [4.69, 9.17) is 0 Å². The van der Waals surface area contributed by atoms with Crippen molar-refractivity contribution in [3.05, 3.63) is 30.1 Å². The molecule has 1 atom stereocenters. The second-order valence-corrected chi connectivity index (χ2v) is 5.56. The fraction of sp³-hybridized carbons (Fsp3) is 0.688. The number of rotatable bonds is 7. The molecule has 0 radical (unpaired) electrons. The lowest BCUT2D eigenvalue weighted by atomic mass is 10.1. The fourth-order valence-corrected chi connectivity index (χ4v) is 2.79. The molecule has 20 heavy (non-hydrogen) atoms. The molecule has 112 valence electrons. The summed E-state index contributed by atoms with van der Waals surface area (Å²) in [6, 6.07) is 6.52. The molecule has 1 aromatic rings. The molecule has 0 unspecified atom stereocenters. The van der Waals surface area contributed by atoms with Crippen LogP contribution in [-0.4, -0.2) is 54.2 Å². The topological polar surface area (TPSA) is 19.4 Å². The Morgan fingerprint density at radius 3 is 2.60 bits per heavy atom. The molecule has 1 fully saturated rings. The Balaban J connectivity index is 1.71. The van der Waals surface area contributed by atoms with Crippen molar-refractivity contribution in [2.45, 2.75) is 32.2 Å². The van der Waals surface area contributed by atoms with Crippen LogP contribution in [0, 0.1) is 0 Å². The van der Waals surface area contributed by atoms with Gasteiger partial charge in [0.05, 0.1) is 12.4 Å². The molecule has 2 heterocycles. The smallest absolute Gasteiger partial charge is 0.0894 e. The second kappa shape index (κ2) is 8.32. The van der Waals surface area contributed by atoms with Gasteiger partial charge in [-0.15, -0.1) is 0 Å². The van der Waals surface area contributed by atoms with E-state index >= 15 is 0 Å². The van der Waals surface area contributed by atoms with Gasteiger partial charge in [-0.05, 0) is 44.9 Å². The van der Waals surface area contributed by atoms with Gasteiger partial charge >= 0.3 is 0 Å². The van der Waals surface area contributed by atoms with Crippen LogP contribution in [0.25, 0.3) is 0 Å². The van der Waals surface area contributed by atoms with Gasteiger partial charge in [-0.3, -0.25) is 14.3 Å². The summed E-state index contributed by atoms with van der Waals surface area (Å²) >= 11 is 0. The molecular formula is C16H26FN3. The minimum Gasteiger partial charge on any atom is -0.301 e. The van der Waals surface area contributed by atoms with E-state index in [2.05, 4.69) is 33.8 Å². The van der Waals surface area contributed by atoms with Crippen LogP contribution < -0.4 is 0 Å². The summed E-state index contributed by atoms with van der Waals surface area (Å²) in [6.45, 7) is 7.61. The van der Waals surface area contributed by atoms with Crippen LogP contribution in [-0.2, 0) is 0 Å². The van der Waals surface area contributed by atoms with E-state index in [0.717, 1.165) is 57.7 Å². The van der Waals surface area contributed by atoms with E-state index in [1.54, 1.807) is 0 Å². The summed E-state index contributed by atoms with van der Waals surface area (Å²) in [5, 5.41) is 0. The number of halogens is 1. The average Bonchev–Trinajstić information content (AvgIpc) is 2.52. The van der Waals surface area contributed by atoms with Crippen LogP contribution in [0.1, 0.15) is 37.9 Å². The number of hydrogen-bond acceptors (Lipinski definition) is 3. The molecule has 0 aliphatic carbocycles. The number of nitrogens with zero attached hydrogens (tertiary/aromatic N) is 3. The summed E-state index contributed by atoms with van der Waals surface area (Å²) in [5.41, 5.74) is 1.16. The third-order valence-corrected chi connectivity index (χ3v) is 4.18. The van der Waals surface area contributed by atoms with Crippen molar-refractivity contribution in [1.82, 2.24) is 14.8 Å². The van der Waals surface area contributed by atoms with Gasteiger partial charge in [0.25, 0.3) is 0 Å². The van der Waals surface area contributed by atoms with Gasteiger partial charge in [-0.2, -0.15) is 0 Å². The zero-order valence-electron chi connectivity index (χ0n) is 12.5. The normalized spacial score (nSPS) is 19.1. The Morgan fingerprint density at radius 2 is 1.95 bits per heavy atom. The lowest BCUT2D eigenvalue weighted by Gasteiger charge is -2.37. The molecule has 0 N–H and O–H groups in total. The Morgan fingerprint density at radius 1 is 1.15 bits per heavy atom. The maximum atomic E-state index is 12.0. The van der Waals surface area contributed by atoms with E-state index in [0.29, 0.717) is 6.04 Å². The first-order chi connectivity index (χ1) is 9.81. The van der Waals surface area contributed by atoms with Crippen LogP contribution in [0.5, 0.6) is 0 Å². The Hall–Kier alpha value is -1.00. The van der Waals surface area contributed by atoms with Gasteiger partial charge < -0.3 is 4.90 Å². The van der Waals surface area contributed by atoms with Crippen molar-refractivity contribution in [3.63, 3.8) is 0 Å². The second-order valence-electron chi connectivity index (χ2n) is 5.56. The van der Waals surface area contributed by atoms with E-state index in [9.17, 15) is 4.39 Å². The van der Waals surface area contributed by atoms with E-state index in [-0.39, 0.29) is 6.67 Å². The van der Waals surface area contributed by atoms with Crippen LogP contribution in [0.4, 0.5) is 4.39 Å². The summed E-state index contributed by atoms with van der Waals surface area (Å²) in [4.78, 5) is 9.45. The Bertz CT molecular complexity index is 363. The zero-order chi connectivity index (χ0) is 14.2. The number of hydrogen-bond donors (Lipinski definition) is 0. The molecule has 2 rings (SSSR count). The number of alkyl halides is 1. The molecule has 0 amide bonds. The van der Waals surface area contributed by atoms with Gasteiger partial charge in [0.1, 0.15) is 0 Å². The third kappa shape index (κ3) is 4.53. The highest BCUT2D eigenvalue weighted by atomic mass is 19.1. The molecule has 0 saturated carbocycles. The molecule has 3 nitrogen and oxygen atoms in total. The SMILES string of the molecule is C[C@H](c1ccccn1)N1CCN(CCCCCF)CC1. The highest BCUT2D eigenvalue weighted by molar-refractivity contribution is 5.08. The molecule has 1 saturated heterocycles. The first kappa shape index (κ1) is 15.4. The lowest BCUT2D eigenvalue weighted by molar-refractivity contribution is 0.0994. The Labute approximate surface area is 121 Å². The van der Waals surface area contributed by atoms with Gasteiger partial charge in [-0.25, -0.2) is 0 Å². The first-order valence-electron chi connectivity index (χ1n) is 7.74. The fourth-order valence-electron chi connectivity index (χ4n) is 2.79. The Kier molecular flexibility index (Phi) is 6.40. The predicted molar refractivity (Wildman–Crippen MR) is 80.5 cm³/mol. The molecule has 0 spiro atoms.